The smallest absolute Gasteiger partial charge is 0.251 e. The Hall–Kier alpha value is -3.36. The molecular weight excluding hydrogens is 487 g/mol. The summed E-state index contributed by atoms with van der Waals surface area (Å²) >= 11 is 5.99. The molecule has 3 aromatic rings. The first-order chi connectivity index (χ1) is 17.3. The highest BCUT2D eigenvalue weighted by Crippen LogP contribution is 2.35. The molecular formula is C27H28ClFN2O5. The lowest BCUT2D eigenvalue weighted by molar-refractivity contribution is -0.000305. The maximum absolute atomic E-state index is 13.7. The molecule has 1 heterocycles. The number of amides is 1. The molecule has 0 spiro atoms. The van der Waals surface area contributed by atoms with E-state index in [1.807, 2.05) is 6.92 Å². The Bertz CT molecular complexity index is 1270. The van der Waals surface area contributed by atoms with Crippen LogP contribution in [-0.2, 0) is 10.3 Å². The second-order valence-electron chi connectivity index (χ2n) is 8.68. The van der Waals surface area contributed by atoms with Gasteiger partial charge in [-0.2, -0.15) is 0 Å². The van der Waals surface area contributed by atoms with Gasteiger partial charge in [0, 0.05) is 18.2 Å². The molecule has 7 nitrogen and oxygen atoms in total. The Morgan fingerprint density at radius 3 is 2.42 bits per heavy atom. The monoisotopic (exact) mass is 514 g/mol. The number of nitrogens with zero attached hydrogens (tertiary/aromatic N) is 1. The maximum Gasteiger partial charge on any atom is 0.251 e. The average molecular weight is 515 g/mol. The first-order valence-corrected chi connectivity index (χ1v) is 11.8. The van der Waals surface area contributed by atoms with Crippen molar-refractivity contribution in [3.63, 3.8) is 0 Å². The van der Waals surface area contributed by atoms with Gasteiger partial charge in [-0.1, -0.05) is 11.6 Å². The van der Waals surface area contributed by atoms with Crippen LogP contribution in [0.15, 0.2) is 48.5 Å². The first kappa shape index (κ1) is 25.7. The van der Waals surface area contributed by atoms with Gasteiger partial charge >= 0.3 is 0 Å². The van der Waals surface area contributed by atoms with Crippen LogP contribution in [0.3, 0.4) is 0 Å². The van der Waals surface area contributed by atoms with Gasteiger partial charge in [-0.3, -0.25) is 4.79 Å². The molecule has 4 rings (SSSR count). The number of hydrogen-bond acceptors (Lipinski definition) is 6. The van der Waals surface area contributed by atoms with Crippen molar-refractivity contribution in [1.82, 2.24) is 10.3 Å². The molecule has 2 aromatic carbocycles. The van der Waals surface area contributed by atoms with Crippen LogP contribution in [0.4, 0.5) is 4.39 Å². The summed E-state index contributed by atoms with van der Waals surface area (Å²) in [6.45, 7) is 1.95. The molecule has 1 fully saturated rings. The van der Waals surface area contributed by atoms with Gasteiger partial charge in [0.2, 0.25) is 0 Å². The van der Waals surface area contributed by atoms with Gasteiger partial charge in [-0.15, -0.1) is 0 Å². The van der Waals surface area contributed by atoms with E-state index in [1.165, 1.54) is 19.2 Å². The van der Waals surface area contributed by atoms with E-state index in [4.69, 9.17) is 35.5 Å². The quantitative estimate of drug-likeness (QED) is 0.391. The van der Waals surface area contributed by atoms with E-state index in [9.17, 15) is 9.18 Å². The lowest BCUT2D eigenvalue weighted by Crippen LogP contribution is -2.40. The molecule has 1 aromatic heterocycles. The zero-order valence-corrected chi connectivity index (χ0v) is 21.3. The molecule has 0 saturated heterocycles. The lowest BCUT2D eigenvalue weighted by Gasteiger charge is -2.28. The fourth-order valence-electron chi connectivity index (χ4n) is 3.65. The Morgan fingerprint density at radius 1 is 1.06 bits per heavy atom. The minimum Gasteiger partial charge on any atom is -0.494 e. The molecule has 0 bridgehead atoms. The van der Waals surface area contributed by atoms with Crippen molar-refractivity contribution in [1.29, 1.82) is 0 Å². The number of nitrogens with one attached hydrogen (secondary N) is 1. The summed E-state index contributed by atoms with van der Waals surface area (Å²) in [4.78, 5) is 17.7. The maximum atomic E-state index is 13.7. The van der Waals surface area contributed by atoms with Crippen molar-refractivity contribution >= 4 is 17.5 Å². The second-order valence-corrected chi connectivity index (χ2v) is 9.08. The zero-order valence-electron chi connectivity index (χ0n) is 20.6. The highest BCUT2D eigenvalue weighted by Gasteiger charge is 2.30. The summed E-state index contributed by atoms with van der Waals surface area (Å²) in [5.74, 6) is 0.791. The van der Waals surface area contributed by atoms with Crippen LogP contribution >= 0.6 is 11.6 Å². The molecule has 0 aliphatic heterocycles. The van der Waals surface area contributed by atoms with Gasteiger partial charge in [-0.25, -0.2) is 9.37 Å². The Kier molecular flexibility index (Phi) is 7.66. The van der Waals surface area contributed by atoms with Crippen LogP contribution in [0.5, 0.6) is 17.2 Å². The van der Waals surface area contributed by atoms with Crippen molar-refractivity contribution < 1.29 is 28.1 Å². The molecule has 1 aliphatic carbocycles. The third-order valence-electron chi connectivity index (χ3n) is 6.09. The fraction of sp³-hybridized carbons (Fsp3) is 0.333. The van der Waals surface area contributed by atoms with Gasteiger partial charge in [0.1, 0.15) is 22.9 Å². The number of methoxy groups -OCH3 is 3. The number of carbonyl (C=O) groups excluding carboxylic acids is 1. The van der Waals surface area contributed by atoms with E-state index in [0.717, 1.165) is 12.8 Å². The number of aromatic nitrogens is 1. The van der Waals surface area contributed by atoms with Crippen molar-refractivity contribution in [2.45, 2.75) is 31.5 Å². The van der Waals surface area contributed by atoms with E-state index in [2.05, 4.69) is 5.32 Å². The number of ether oxygens (including phenoxy) is 4. The van der Waals surface area contributed by atoms with E-state index in [1.54, 1.807) is 50.6 Å². The lowest BCUT2D eigenvalue weighted by atomic mass is 9.99. The average Bonchev–Trinajstić information content (AvgIpc) is 3.72. The van der Waals surface area contributed by atoms with E-state index in [0.29, 0.717) is 39.8 Å². The van der Waals surface area contributed by atoms with Crippen LogP contribution in [0, 0.1) is 5.82 Å². The zero-order chi connectivity index (χ0) is 25.9. The summed E-state index contributed by atoms with van der Waals surface area (Å²) in [5.41, 5.74) is 1.07. The Morgan fingerprint density at radius 2 is 1.78 bits per heavy atom. The van der Waals surface area contributed by atoms with E-state index in [-0.39, 0.29) is 23.6 Å². The van der Waals surface area contributed by atoms with Gasteiger partial charge in [0.05, 0.1) is 37.6 Å². The van der Waals surface area contributed by atoms with E-state index < -0.39 is 11.4 Å². The van der Waals surface area contributed by atoms with Crippen LogP contribution in [-0.4, -0.2) is 44.9 Å². The predicted molar refractivity (Wildman–Crippen MR) is 135 cm³/mol. The van der Waals surface area contributed by atoms with Crippen LogP contribution in [0.2, 0.25) is 5.02 Å². The number of hydrogen-bond donors (Lipinski definition) is 1. The fourth-order valence-corrected chi connectivity index (χ4v) is 3.83. The predicted octanol–water partition coefficient (Wildman–Crippen LogP) is 5.39. The number of benzene rings is 2. The van der Waals surface area contributed by atoms with Crippen molar-refractivity contribution in [2.24, 2.45) is 0 Å². The molecule has 36 heavy (non-hydrogen) atoms. The highest BCUT2D eigenvalue weighted by atomic mass is 35.5. The van der Waals surface area contributed by atoms with Crippen molar-refractivity contribution in [2.75, 3.05) is 27.9 Å². The highest BCUT2D eigenvalue weighted by molar-refractivity contribution is 6.31. The van der Waals surface area contributed by atoms with Gasteiger partial charge in [0.15, 0.2) is 11.5 Å². The third-order valence-corrected chi connectivity index (χ3v) is 6.38. The molecule has 1 N–H and O–H groups in total. The number of halogens is 2. The summed E-state index contributed by atoms with van der Waals surface area (Å²) in [5, 5.41) is 2.89. The largest absolute Gasteiger partial charge is 0.494 e. The summed E-state index contributed by atoms with van der Waals surface area (Å²) in [7, 11) is 4.61. The minimum atomic E-state index is -0.973. The van der Waals surface area contributed by atoms with Gasteiger partial charge in [0.25, 0.3) is 5.91 Å². The first-order valence-electron chi connectivity index (χ1n) is 11.5. The number of pyridine rings is 1. The molecule has 1 aliphatic rings. The van der Waals surface area contributed by atoms with Gasteiger partial charge < -0.3 is 24.3 Å². The molecule has 1 amide bonds. The standard InChI is InChI=1S/C27H28ClFN2O5/c1-27(35-4,15-30-26(32)17-6-10-21(23(14-17)34-3)36-18-7-8-18)24-12-11-22(33-2)25(31-24)16-5-9-20(29)19(28)13-16/h5-6,9-14,18H,7-8,15H2,1-4H3,(H,30,32). The molecule has 9 heteroatoms. The van der Waals surface area contributed by atoms with Crippen LogP contribution < -0.4 is 19.5 Å². The molecule has 0 radical (unpaired) electrons. The summed E-state index contributed by atoms with van der Waals surface area (Å²) < 4.78 is 36.2. The topological polar surface area (TPSA) is 78.9 Å². The summed E-state index contributed by atoms with van der Waals surface area (Å²) in [6.07, 6.45) is 2.26. The van der Waals surface area contributed by atoms with Gasteiger partial charge in [-0.05, 0) is 68.3 Å². The minimum absolute atomic E-state index is 0.0208. The van der Waals surface area contributed by atoms with Crippen LogP contribution in [0.1, 0.15) is 35.8 Å². The molecule has 1 unspecified atom stereocenters. The Balaban J connectivity index is 1.55. The van der Waals surface area contributed by atoms with Crippen LogP contribution in [0.25, 0.3) is 11.3 Å². The SMILES string of the molecule is COc1cc(C(=O)NCC(C)(OC)c2ccc(OC)c(-c3ccc(F)c(Cl)c3)n2)ccc1OC1CC1. The van der Waals surface area contributed by atoms with E-state index >= 15 is 0 Å². The summed E-state index contributed by atoms with van der Waals surface area (Å²) in [6, 6.07) is 12.9. The number of carbonyl (C=O) groups is 1. The second kappa shape index (κ2) is 10.7. The van der Waals surface area contributed by atoms with Crippen molar-refractivity contribution in [3.05, 3.63) is 70.6 Å². The Labute approximate surface area is 214 Å². The third kappa shape index (κ3) is 5.55. The van der Waals surface area contributed by atoms with Crippen molar-refractivity contribution in [3.8, 4) is 28.5 Å². The number of rotatable bonds is 10. The molecule has 190 valence electrons. The molecule has 1 atom stereocenters. The normalized spacial score (nSPS) is 14.6. The molecule has 1 saturated carbocycles.